The molecule has 0 aliphatic carbocycles. The summed E-state index contributed by atoms with van der Waals surface area (Å²) >= 11 is 3.47. The van der Waals surface area contributed by atoms with Gasteiger partial charge in [-0.05, 0) is 37.8 Å². The van der Waals surface area contributed by atoms with Gasteiger partial charge in [-0.15, -0.1) is 0 Å². The molecule has 0 aliphatic rings. The van der Waals surface area contributed by atoms with Crippen LogP contribution in [0.4, 0.5) is 0 Å². The van der Waals surface area contributed by atoms with Gasteiger partial charge in [0.25, 0.3) is 0 Å². The molecular formula is C20H27BrO2. The van der Waals surface area contributed by atoms with Crippen LogP contribution in [0.1, 0.15) is 44.6 Å². The molecule has 2 aromatic carbocycles. The van der Waals surface area contributed by atoms with Crippen molar-refractivity contribution in [2.45, 2.75) is 46.0 Å². The third-order valence-electron chi connectivity index (χ3n) is 3.88. The van der Waals surface area contributed by atoms with E-state index in [4.69, 9.17) is 9.47 Å². The average molecular weight is 379 g/mol. The Morgan fingerprint density at radius 2 is 1.65 bits per heavy atom. The maximum atomic E-state index is 6.07. The van der Waals surface area contributed by atoms with Crippen LogP contribution in [0.25, 0.3) is 10.8 Å². The molecule has 0 bridgehead atoms. The Hall–Kier alpha value is -1.22. The lowest BCUT2D eigenvalue weighted by Gasteiger charge is -2.16. The predicted octanol–water partition coefficient (Wildman–Crippen LogP) is 6.27. The maximum Gasteiger partial charge on any atom is 0.130 e. The van der Waals surface area contributed by atoms with Gasteiger partial charge in [0.05, 0.1) is 13.2 Å². The lowest BCUT2D eigenvalue weighted by molar-refractivity contribution is 0.305. The van der Waals surface area contributed by atoms with Gasteiger partial charge < -0.3 is 9.47 Å². The number of fused-ring (bicyclic) bond motifs is 1. The highest BCUT2D eigenvalue weighted by Gasteiger charge is 2.11. The van der Waals surface area contributed by atoms with Crippen molar-refractivity contribution in [2.75, 3.05) is 18.5 Å². The second-order valence-corrected chi connectivity index (χ2v) is 6.66. The largest absolute Gasteiger partial charge is 0.493 e. The van der Waals surface area contributed by atoms with E-state index >= 15 is 0 Å². The van der Waals surface area contributed by atoms with Gasteiger partial charge in [-0.1, -0.05) is 60.0 Å². The number of hydrogen-bond acceptors (Lipinski definition) is 2. The predicted molar refractivity (Wildman–Crippen MR) is 102 cm³/mol. The fraction of sp³-hybridized carbons (Fsp3) is 0.500. The second-order valence-electron chi connectivity index (χ2n) is 5.87. The first-order chi connectivity index (χ1) is 11.3. The fourth-order valence-electron chi connectivity index (χ4n) is 2.70. The summed E-state index contributed by atoms with van der Waals surface area (Å²) in [6.07, 6.45) is 5.85. The first kappa shape index (κ1) is 18.1. The van der Waals surface area contributed by atoms with Crippen molar-refractivity contribution >= 4 is 26.7 Å². The molecule has 0 heterocycles. The van der Waals surface area contributed by atoms with Gasteiger partial charge in [-0.3, -0.25) is 0 Å². The van der Waals surface area contributed by atoms with Crippen molar-refractivity contribution in [3.05, 3.63) is 35.9 Å². The number of benzene rings is 2. The SMILES string of the molecule is CCCOc1c(C)cc(OCCCCCCBr)c2ccccc12. The molecule has 2 rings (SSSR count). The van der Waals surface area contributed by atoms with Crippen molar-refractivity contribution in [2.24, 2.45) is 0 Å². The van der Waals surface area contributed by atoms with Crippen LogP contribution in [0.15, 0.2) is 30.3 Å². The molecule has 2 aromatic rings. The van der Waals surface area contributed by atoms with Crippen molar-refractivity contribution in [1.82, 2.24) is 0 Å². The molecule has 0 saturated heterocycles. The number of alkyl halides is 1. The zero-order valence-corrected chi connectivity index (χ0v) is 15.8. The number of halogens is 1. The molecule has 3 heteroatoms. The fourth-order valence-corrected chi connectivity index (χ4v) is 3.09. The Kier molecular flexibility index (Phi) is 7.73. The maximum absolute atomic E-state index is 6.07. The molecule has 0 fully saturated rings. The summed E-state index contributed by atoms with van der Waals surface area (Å²) in [7, 11) is 0. The van der Waals surface area contributed by atoms with E-state index in [0.717, 1.165) is 59.2 Å². The van der Waals surface area contributed by atoms with Crippen LogP contribution in [0, 0.1) is 6.92 Å². The summed E-state index contributed by atoms with van der Waals surface area (Å²) in [5, 5.41) is 3.39. The molecule has 0 radical (unpaired) electrons. The van der Waals surface area contributed by atoms with Crippen molar-refractivity contribution in [1.29, 1.82) is 0 Å². The van der Waals surface area contributed by atoms with Crippen LogP contribution >= 0.6 is 15.9 Å². The standard InChI is InChI=1S/C20H27BrO2/c1-3-13-23-20-16(2)15-19(17-10-6-7-11-18(17)20)22-14-9-5-4-8-12-21/h6-7,10-11,15H,3-5,8-9,12-14H2,1-2H3. The van der Waals surface area contributed by atoms with Crippen molar-refractivity contribution in [3.63, 3.8) is 0 Å². The highest BCUT2D eigenvalue weighted by molar-refractivity contribution is 9.09. The number of rotatable bonds is 10. The summed E-state index contributed by atoms with van der Waals surface area (Å²) in [6.45, 7) is 5.75. The van der Waals surface area contributed by atoms with Gasteiger partial charge in [-0.25, -0.2) is 0 Å². The quantitative estimate of drug-likeness (QED) is 0.358. The van der Waals surface area contributed by atoms with E-state index in [1.165, 1.54) is 19.3 Å². The van der Waals surface area contributed by atoms with Gasteiger partial charge in [0.15, 0.2) is 0 Å². The van der Waals surface area contributed by atoms with Crippen LogP contribution in [0.5, 0.6) is 11.5 Å². The molecule has 0 atom stereocenters. The van der Waals surface area contributed by atoms with E-state index in [0.29, 0.717) is 0 Å². The normalized spacial score (nSPS) is 10.9. The summed E-state index contributed by atoms with van der Waals surface area (Å²) < 4.78 is 12.0. The van der Waals surface area contributed by atoms with E-state index in [1.54, 1.807) is 0 Å². The smallest absolute Gasteiger partial charge is 0.130 e. The van der Waals surface area contributed by atoms with Crippen molar-refractivity contribution < 1.29 is 9.47 Å². The lowest BCUT2D eigenvalue weighted by Crippen LogP contribution is -2.01. The summed E-state index contributed by atoms with van der Waals surface area (Å²) in [4.78, 5) is 0. The van der Waals surface area contributed by atoms with Crippen LogP contribution in [-0.4, -0.2) is 18.5 Å². The van der Waals surface area contributed by atoms with Gasteiger partial charge in [0.2, 0.25) is 0 Å². The zero-order valence-electron chi connectivity index (χ0n) is 14.2. The van der Waals surface area contributed by atoms with Gasteiger partial charge in [0, 0.05) is 16.1 Å². The molecule has 0 N–H and O–H groups in total. The highest BCUT2D eigenvalue weighted by Crippen LogP contribution is 2.36. The van der Waals surface area contributed by atoms with Crippen LogP contribution < -0.4 is 9.47 Å². The molecule has 0 unspecified atom stereocenters. The van der Waals surface area contributed by atoms with Gasteiger partial charge in [0.1, 0.15) is 11.5 Å². The summed E-state index contributed by atoms with van der Waals surface area (Å²) in [5.41, 5.74) is 1.14. The minimum Gasteiger partial charge on any atom is -0.493 e. The third kappa shape index (κ3) is 5.13. The molecule has 0 amide bonds. The summed E-state index contributed by atoms with van der Waals surface area (Å²) in [6, 6.07) is 10.5. The first-order valence-corrected chi connectivity index (χ1v) is 9.74. The Bertz CT molecular complexity index is 610. The number of aryl methyl sites for hydroxylation is 1. The van der Waals surface area contributed by atoms with Crippen molar-refractivity contribution in [3.8, 4) is 11.5 Å². The molecular weight excluding hydrogens is 352 g/mol. The highest BCUT2D eigenvalue weighted by atomic mass is 79.9. The summed E-state index contributed by atoms with van der Waals surface area (Å²) in [5.74, 6) is 1.97. The molecule has 2 nitrogen and oxygen atoms in total. The van der Waals surface area contributed by atoms with Crippen LogP contribution in [0.2, 0.25) is 0 Å². The van der Waals surface area contributed by atoms with E-state index in [9.17, 15) is 0 Å². The van der Waals surface area contributed by atoms with E-state index in [2.05, 4.69) is 60.1 Å². The van der Waals surface area contributed by atoms with E-state index in [-0.39, 0.29) is 0 Å². The monoisotopic (exact) mass is 378 g/mol. The molecule has 23 heavy (non-hydrogen) atoms. The Morgan fingerprint density at radius 3 is 2.39 bits per heavy atom. The number of hydrogen-bond donors (Lipinski definition) is 0. The lowest BCUT2D eigenvalue weighted by atomic mass is 10.0. The minimum absolute atomic E-state index is 0.749. The van der Waals surface area contributed by atoms with Gasteiger partial charge >= 0.3 is 0 Å². The number of unbranched alkanes of at least 4 members (excludes halogenated alkanes) is 3. The van der Waals surface area contributed by atoms with Crippen LogP contribution in [-0.2, 0) is 0 Å². The Morgan fingerprint density at radius 1 is 0.913 bits per heavy atom. The molecule has 0 spiro atoms. The second kappa shape index (κ2) is 9.82. The zero-order chi connectivity index (χ0) is 16.5. The molecule has 126 valence electrons. The average Bonchev–Trinajstić information content (AvgIpc) is 2.57. The van der Waals surface area contributed by atoms with Crippen LogP contribution in [0.3, 0.4) is 0 Å². The third-order valence-corrected chi connectivity index (χ3v) is 4.44. The first-order valence-electron chi connectivity index (χ1n) is 8.61. The van der Waals surface area contributed by atoms with Gasteiger partial charge in [-0.2, -0.15) is 0 Å². The Labute approximate surface area is 148 Å². The Balaban J connectivity index is 2.11. The molecule has 0 saturated carbocycles. The topological polar surface area (TPSA) is 18.5 Å². The minimum atomic E-state index is 0.749. The number of ether oxygens (including phenoxy) is 2. The van der Waals surface area contributed by atoms with E-state index in [1.807, 2.05) is 0 Å². The molecule has 0 aromatic heterocycles. The molecule has 0 aliphatic heterocycles. The van der Waals surface area contributed by atoms with E-state index < -0.39 is 0 Å².